The standard InChI is InChI=1S/C43H28N2OS2/c1-3-10-28(11-4-1)43-44-41-39(48-43)25-24-37-40(41)35-26-31(22-23-36(35)46-37)45(29-12-5-2-6-13-29)30-20-18-27(19-21-30)32-15-9-16-34-33-14-7-8-17-38(33)47-42(32)34/h1-26,43-44H. The molecule has 0 saturated carbocycles. The average Bonchev–Trinajstić information content (AvgIpc) is 3.86. The fourth-order valence-corrected chi connectivity index (χ4v) is 9.46. The third kappa shape index (κ3) is 4.43. The fourth-order valence-electron chi connectivity index (χ4n) is 7.07. The van der Waals surface area contributed by atoms with Crippen molar-refractivity contribution in [2.45, 2.75) is 10.3 Å². The molecule has 0 saturated heterocycles. The Morgan fingerprint density at radius 1 is 0.562 bits per heavy atom. The number of furan rings is 1. The molecule has 48 heavy (non-hydrogen) atoms. The summed E-state index contributed by atoms with van der Waals surface area (Å²) in [5.41, 5.74) is 9.97. The summed E-state index contributed by atoms with van der Waals surface area (Å²) in [5, 5.41) is 8.86. The number of thiophene rings is 1. The highest BCUT2D eigenvalue weighted by Gasteiger charge is 2.27. The fraction of sp³-hybridized carbons (Fsp3) is 0.0233. The number of para-hydroxylation sites is 1. The van der Waals surface area contributed by atoms with Crippen LogP contribution in [-0.2, 0) is 0 Å². The highest BCUT2D eigenvalue weighted by atomic mass is 32.2. The van der Waals surface area contributed by atoms with E-state index in [1.165, 1.54) is 41.8 Å². The molecule has 0 spiro atoms. The van der Waals surface area contributed by atoms with Crippen LogP contribution in [0.1, 0.15) is 10.9 Å². The lowest BCUT2D eigenvalue weighted by atomic mass is 10.0. The molecular formula is C43H28N2OS2. The van der Waals surface area contributed by atoms with Gasteiger partial charge in [0.2, 0.25) is 0 Å². The summed E-state index contributed by atoms with van der Waals surface area (Å²) >= 11 is 3.73. The Morgan fingerprint density at radius 2 is 1.27 bits per heavy atom. The second-order valence-electron chi connectivity index (χ2n) is 12.1. The molecule has 0 amide bonds. The maximum atomic E-state index is 6.42. The maximum Gasteiger partial charge on any atom is 0.137 e. The predicted octanol–water partition coefficient (Wildman–Crippen LogP) is 13.3. The van der Waals surface area contributed by atoms with Crippen molar-refractivity contribution < 1.29 is 4.42 Å². The molecule has 3 heterocycles. The molecule has 1 aliphatic heterocycles. The SMILES string of the molecule is c1ccc(C2Nc3c(ccc4oc5ccc(N(c6ccccc6)c6ccc(-c7cccc8c7sc7ccccc78)cc6)cc5c34)S2)cc1. The van der Waals surface area contributed by atoms with Crippen molar-refractivity contribution >= 4 is 88.0 Å². The van der Waals surface area contributed by atoms with Gasteiger partial charge in [-0.3, -0.25) is 0 Å². The zero-order valence-electron chi connectivity index (χ0n) is 25.8. The van der Waals surface area contributed by atoms with E-state index in [1.807, 2.05) is 23.1 Å². The van der Waals surface area contributed by atoms with Crippen LogP contribution in [0, 0.1) is 0 Å². The molecule has 9 aromatic rings. The molecule has 1 atom stereocenters. The minimum absolute atomic E-state index is 0.165. The highest BCUT2D eigenvalue weighted by Crippen LogP contribution is 2.52. The molecule has 5 heteroatoms. The summed E-state index contributed by atoms with van der Waals surface area (Å²) in [6.07, 6.45) is 0. The Kier molecular flexibility index (Phi) is 6.36. The lowest BCUT2D eigenvalue weighted by molar-refractivity contribution is 0.669. The zero-order valence-corrected chi connectivity index (χ0v) is 27.4. The van der Waals surface area contributed by atoms with Gasteiger partial charge in [0.15, 0.2) is 0 Å². The van der Waals surface area contributed by atoms with Gasteiger partial charge < -0.3 is 14.6 Å². The molecule has 3 nitrogen and oxygen atoms in total. The summed E-state index contributed by atoms with van der Waals surface area (Å²) in [7, 11) is 0. The summed E-state index contributed by atoms with van der Waals surface area (Å²) in [6.45, 7) is 0. The minimum atomic E-state index is 0.165. The lowest BCUT2D eigenvalue weighted by Gasteiger charge is -2.25. The number of benzene rings is 7. The van der Waals surface area contributed by atoms with Gasteiger partial charge in [-0.25, -0.2) is 0 Å². The highest BCUT2D eigenvalue weighted by molar-refractivity contribution is 8.00. The molecule has 0 bridgehead atoms. The number of fused-ring (bicyclic) bond motifs is 8. The number of hydrogen-bond acceptors (Lipinski definition) is 5. The van der Waals surface area contributed by atoms with Gasteiger partial charge in [0, 0.05) is 47.5 Å². The van der Waals surface area contributed by atoms with Gasteiger partial charge in [0.05, 0.1) is 11.1 Å². The molecule has 7 aromatic carbocycles. The van der Waals surface area contributed by atoms with Crippen LogP contribution in [0.2, 0.25) is 0 Å². The first kappa shape index (κ1) is 27.6. The Morgan fingerprint density at radius 3 is 2.12 bits per heavy atom. The number of nitrogens with one attached hydrogen (secondary N) is 1. The molecule has 0 fully saturated rings. The molecule has 228 valence electrons. The van der Waals surface area contributed by atoms with Crippen molar-refractivity contribution in [2.75, 3.05) is 10.2 Å². The van der Waals surface area contributed by atoms with Crippen LogP contribution < -0.4 is 10.2 Å². The molecular weight excluding hydrogens is 625 g/mol. The molecule has 1 unspecified atom stereocenters. The summed E-state index contributed by atoms with van der Waals surface area (Å²) < 4.78 is 9.07. The zero-order chi connectivity index (χ0) is 31.6. The van der Waals surface area contributed by atoms with Crippen molar-refractivity contribution in [1.82, 2.24) is 0 Å². The van der Waals surface area contributed by atoms with Gasteiger partial charge in [-0.2, -0.15) is 0 Å². The summed E-state index contributed by atoms with van der Waals surface area (Å²) in [6, 6.07) is 56.5. The maximum absolute atomic E-state index is 6.42. The van der Waals surface area contributed by atoms with Crippen LogP contribution in [0.5, 0.6) is 0 Å². The van der Waals surface area contributed by atoms with E-state index in [1.54, 1.807) is 0 Å². The third-order valence-electron chi connectivity index (χ3n) is 9.32. The largest absolute Gasteiger partial charge is 0.456 e. The van der Waals surface area contributed by atoms with E-state index in [9.17, 15) is 0 Å². The van der Waals surface area contributed by atoms with Crippen LogP contribution in [0.15, 0.2) is 167 Å². The van der Waals surface area contributed by atoms with Gasteiger partial charge in [-0.05, 0) is 77.4 Å². The van der Waals surface area contributed by atoms with Crippen LogP contribution in [-0.4, -0.2) is 0 Å². The molecule has 1 aliphatic rings. The Bertz CT molecular complexity index is 2630. The second-order valence-corrected chi connectivity index (χ2v) is 14.3. The van der Waals surface area contributed by atoms with Crippen molar-refractivity contribution in [1.29, 1.82) is 0 Å². The molecule has 0 radical (unpaired) electrons. The Labute approximate surface area is 286 Å². The van der Waals surface area contributed by atoms with Gasteiger partial charge >= 0.3 is 0 Å². The molecule has 2 aromatic heterocycles. The van der Waals surface area contributed by atoms with E-state index in [-0.39, 0.29) is 5.37 Å². The Hall–Kier alpha value is -5.49. The third-order valence-corrected chi connectivity index (χ3v) is 11.8. The van der Waals surface area contributed by atoms with Crippen LogP contribution in [0.3, 0.4) is 0 Å². The number of anilines is 4. The number of thioether (sulfide) groups is 1. The first-order valence-corrected chi connectivity index (χ1v) is 17.8. The summed E-state index contributed by atoms with van der Waals surface area (Å²) in [4.78, 5) is 3.58. The minimum Gasteiger partial charge on any atom is -0.456 e. The van der Waals surface area contributed by atoms with Gasteiger partial charge in [-0.1, -0.05) is 109 Å². The van der Waals surface area contributed by atoms with Gasteiger partial charge in [-0.15, -0.1) is 11.3 Å². The predicted molar refractivity (Wildman–Crippen MR) is 205 cm³/mol. The van der Waals surface area contributed by atoms with E-state index in [0.717, 1.165) is 44.7 Å². The van der Waals surface area contributed by atoms with E-state index >= 15 is 0 Å². The first-order valence-electron chi connectivity index (χ1n) is 16.1. The Balaban J connectivity index is 1.08. The number of rotatable bonds is 5. The van der Waals surface area contributed by atoms with Gasteiger partial charge in [0.25, 0.3) is 0 Å². The van der Waals surface area contributed by atoms with Crippen molar-refractivity contribution in [2.24, 2.45) is 0 Å². The number of hydrogen-bond donors (Lipinski definition) is 1. The van der Waals surface area contributed by atoms with Crippen molar-refractivity contribution in [3.8, 4) is 11.1 Å². The first-order chi connectivity index (χ1) is 23.8. The smallest absolute Gasteiger partial charge is 0.137 e. The number of nitrogens with zero attached hydrogens (tertiary/aromatic N) is 1. The lowest BCUT2D eigenvalue weighted by Crippen LogP contribution is -2.09. The quantitative estimate of drug-likeness (QED) is 0.200. The summed E-state index contributed by atoms with van der Waals surface area (Å²) in [5.74, 6) is 0. The van der Waals surface area contributed by atoms with Crippen LogP contribution in [0.4, 0.5) is 22.7 Å². The normalized spacial score (nSPS) is 14.1. The van der Waals surface area contributed by atoms with E-state index in [0.29, 0.717) is 0 Å². The van der Waals surface area contributed by atoms with Crippen molar-refractivity contribution in [3.63, 3.8) is 0 Å². The van der Waals surface area contributed by atoms with E-state index < -0.39 is 0 Å². The van der Waals surface area contributed by atoms with Crippen molar-refractivity contribution in [3.05, 3.63) is 163 Å². The molecule has 1 N–H and O–H groups in total. The monoisotopic (exact) mass is 652 g/mol. The molecule has 10 rings (SSSR count). The van der Waals surface area contributed by atoms with E-state index in [2.05, 4.69) is 168 Å². The van der Waals surface area contributed by atoms with Crippen LogP contribution >= 0.6 is 23.1 Å². The van der Waals surface area contributed by atoms with Crippen LogP contribution in [0.25, 0.3) is 53.2 Å². The molecule has 0 aliphatic carbocycles. The topological polar surface area (TPSA) is 28.4 Å². The second kappa shape index (κ2) is 11.1. The van der Waals surface area contributed by atoms with Gasteiger partial charge in [0.1, 0.15) is 16.5 Å². The average molecular weight is 653 g/mol. The van der Waals surface area contributed by atoms with E-state index in [4.69, 9.17) is 4.42 Å².